The van der Waals surface area contributed by atoms with E-state index in [2.05, 4.69) is 31.8 Å². The fourth-order valence-corrected chi connectivity index (χ4v) is 5.03. The van der Waals surface area contributed by atoms with Crippen molar-refractivity contribution in [2.75, 3.05) is 47.5 Å². The maximum absolute atomic E-state index is 12.4. The highest BCUT2D eigenvalue weighted by atomic mass is 32.2. The first-order chi connectivity index (χ1) is 13.8. The predicted octanol–water partition coefficient (Wildman–Crippen LogP) is 3.46. The van der Waals surface area contributed by atoms with Gasteiger partial charge < -0.3 is 20.3 Å². The summed E-state index contributed by atoms with van der Waals surface area (Å²) in [5.74, 6) is 0.287. The van der Waals surface area contributed by atoms with Gasteiger partial charge >= 0.3 is 0 Å². The van der Waals surface area contributed by atoms with Gasteiger partial charge in [-0.25, -0.2) is 0 Å². The zero-order chi connectivity index (χ0) is 19.2. The lowest BCUT2D eigenvalue weighted by Gasteiger charge is -2.21. The summed E-state index contributed by atoms with van der Waals surface area (Å²) in [5, 5.41) is 15.4. The van der Waals surface area contributed by atoms with E-state index in [4.69, 9.17) is 4.74 Å². The molecule has 1 unspecified atom stereocenters. The number of nitrogens with zero attached hydrogens (tertiary/aromatic N) is 3. The number of ether oxygens (including phenoxy) is 1. The number of anilines is 3. The first kappa shape index (κ1) is 19.5. The third-order valence-corrected chi connectivity index (χ3v) is 6.88. The van der Waals surface area contributed by atoms with Gasteiger partial charge in [-0.2, -0.15) is 0 Å². The minimum atomic E-state index is -0.0271. The van der Waals surface area contributed by atoms with Crippen molar-refractivity contribution in [1.82, 2.24) is 10.2 Å². The molecule has 0 bridgehead atoms. The average molecular weight is 420 g/mol. The Labute approximate surface area is 173 Å². The van der Waals surface area contributed by atoms with Gasteiger partial charge in [0.15, 0.2) is 4.34 Å². The fourth-order valence-electron chi connectivity index (χ4n) is 3.47. The number of carbonyl (C=O) groups is 1. The van der Waals surface area contributed by atoms with Crippen LogP contribution in [-0.2, 0) is 9.53 Å². The molecular formula is C19H25N5O2S2. The van der Waals surface area contributed by atoms with E-state index in [-0.39, 0.29) is 12.0 Å². The first-order valence-electron chi connectivity index (χ1n) is 9.73. The molecular weight excluding hydrogens is 394 g/mol. The van der Waals surface area contributed by atoms with E-state index in [0.717, 1.165) is 59.9 Å². The van der Waals surface area contributed by atoms with Crippen LogP contribution in [0.15, 0.2) is 28.6 Å². The Morgan fingerprint density at radius 2 is 2.11 bits per heavy atom. The summed E-state index contributed by atoms with van der Waals surface area (Å²) < 4.78 is 6.39. The minimum Gasteiger partial charge on any atom is -0.376 e. The summed E-state index contributed by atoms with van der Waals surface area (Å²) in [6.45, 7) is 3.70. The standard InChI is InChI=1S/C19H25N5O2S2/c25-17(21-15-7-1-2-8-16(15)24-9-3-4-10-24)13-27-19-23-22-18(28-19)20-12-14-6-5-11-26-14/h1-2,7-8,14H,3-6,9-13H2,(H,20,22)(H,21,25). The van der Waals surface area contributed by atoms with Gasteiger partial charge in [0.1, 0.15) is 0 Å². The summed E-state index contributed by atoms with van der Waals surface area (Å²) in [6, 6.07) is 8.02. The van der Waals surface area contributed by atoms with E-state index < -0.39 is 0 Å². The third kappa shape index (κ3) is 5.15. The van der Waals surface area contributed by atoms with Crippen molar-refractivity contribution < 1.29 is 9.53 Å². The van der Waals surface area contributed by atoms with E-state index >= 15 is 0 Å². The van der Waals surface area contributed by atoms with Crippen molar-refractivity contribution in [2.45, 2.75) is 36.1 Å². The van der Waals surface area contributed by atoms with Crippen LogP contribution in [0.1, 0.15) is 25.7 Å². The number of para-hydroxylation sites is 2. The van der Waals surface area contributed by atoms with Gasteiger partial charge in [0, 0.05) is 26.2 Å². The van der Waals surface area contributed by atoms with Crippen molar-refractivity contribution in [2.24, 2.45) is 0 Å². The molecule has 4 rings (SSSR count). The summed E-state index contributed by atoms with van der Waals surface area (Å²) in [4.78, 5) is 14.8. The van der Waals surface area contributed by atoms with Crippen LogP contribution in [0.25, 0.3) is 0 Å². The van der Waals surface area contributed by atoms with Gasteiger partial charge in [0.05, 0.1) is 23.2 Å². The Morgan fingerprint density at radius 3 is 2.93 bits per heavy atom. The lowest BCUT2D eigenvalue weighted by atomic mass is 10.2. The SMILES string of the molecule is O=C(CSc1nnc(NCC2CCCO2)s1)Nc1ccccc1N1CCCC1. The molecule has 0 spiro atoms. The Balaban J connectivity index is 1.26. The van der Waals surface area contributed by atoms with E-state index in [1.54, 1.807) is 0 Å². The van der Waals surface area contributed by atoms with E-state index in [9.17, 15) is 4.79 Å². The van der Waals surface area contributed by atoms with Crippen LogP contribution in [0.5, 0.6) is 0 Å². The zero-order valence-electron chi connectivity index (χ0n) is 15.7. The predicted molar refractivity (Wildman–Crippen MR) is 115 cm³/mol. The molecule has 150 valence electrons. The zero-order valence-corrected chi connectivity index (χ0v) is 17.4. The second-order valence-corrected chi connectivity index (χ2v) is 9.14. The van der Waals surface area contributed by atoms with E-state index in [1.807, 2.05) is 18.2 Å². The number of amides is 1. The van der Waals surface area contributed by atoms with Crippen LogP contribution in [0.3, 0.4) is 0 Å². The normalized spacial score (nSPS) is 19.1. The first-order valence-corrected chi connectivity index (χ1v) is 11.5. The van der Waals surface area contributed by atoms with Crippen molar-refractivity contribution >= 4 is 45.5 Å². The van der Waals surface area contributed by atoms with Gasteiger partial charge in [-0.15, -0.1) is 10.2 Å². The average Bonchev–Trinajstić information content (AvgIpc) is 3.48. The summed E-state index contributed by atoms with van der Waals surface area (Å²) >= 11 is 2.89. The number of carbonyl (C=O) groups excluding carboxylic acids is 1. The second-order valence-electron chi connectivity index (χ2n) is 6.94. The smallest absolute Gasteiger partial charge is 0.234 e. The Bertz CT molecular complexity index is 788. The van der Waals surface area contributed by atoms with E-state index in [1.165, 1.54) is 35.9 Å². The monoisotopic (exact) mass is 419 g/mol. The lowest BCUT2D eigenvalue weighted by molar-refractivity contribution is -0.113. The van der Waals surface area contributed by atoms with Crippen molar-refractivity contribution in [3.63, 3.8) is 0 Å². The molecule has 28 heavy (non-hydrogen) atoms. The highest BCUT2D eigenvalue weighted by Crippen LogP contribution is 2.30. The van der Waals surface area contributed by atoms with Crippen LogP contribution in [0.2, 0.25) is 0 Å². The van der Waals surface area contributed by atoms with Crippen molar-refractivity contribution in [3.8, 4) is 0 Å². The van der Waals surface area contributed by atoms with E-state index in [0.29, 0.717) is 5.75 Å². The number of hydrogen-bond acceptors (Lipinski definition) is 8. The molecule has 1 aromatic carbocycles. The minimum absolute atomic E-state index is 0.0271. The van der Waals surface area contributed by atoms with Crippen molar-refractivity contribution in [1.29, 1.82) is 0 Å². The number of nitrogens with one attached hydrogen (secondary N) is 2. The molecule has 0 radical (unpaired) electrons. The third-order valence-electron chi connectivity index (χ3n) is 4.86. The molecule has 2 fully saturated rings. The summed E-state index contributed by atoms with van der Waals surface area (Å²) in [7, 11) is 0. The molecule has 3 heterocycles. The highest BCUT2D eigenvalue weighted by molar-refractivity contribution is 8.01. The summed E-state index contributed by atoms with van der Waals surface area (Å²) in [6.07, 6.45) is 4.89. The number of benzene rings is 1. The van der Waals surface area contributed by atoms with Gasteiger partial charge in [-0.3, -0.25) is 4.79 Å². The molecule has 0 aliphatic carbocycles. The van der Waals surface area contributed by atoms with Gasteiger partial charge in [-0.1, -0.05) is 35.2 Å². The molecule has 0 saturated carbocycles. The highest BCUT2D eigenvalue weighted by Gasteiger charge is 2.18. The molecule has 2 aromatic rings. The van der Waals surface area contributed by atoms with Crippen LogP contribution >= 0.6 is 23.1 Å². The number of hydrogen-bond donors (Lipinski definition) is 2. The molecule has 9 heteroatoms. The maximum Gasteiger partial charge on any atom is 0.234 e. The lowest BCUT2D eigenvalue weighted by Crippen LogP contribution is -2.21. The topological polar surface area (TPSA) is 79.4 Å². The number of thioether (sulfide) groups is 1. The van der Waals surface area contributed by atoms with Crippen molar-refractivity contribution in [3.05, 3.63) is 24.3 Å². The van der Waals surface area contributed by atoms with Gasteiger partial charge in [0.2, 0.25) is 11.0 Å². The van der Waals surface area contributed by atoms with Crippen LogP contribution < -0.4 is 15.5 Å². The molecule has 2 saturated heterocycles. The molecule has 1 amide bonds. The number of rotatable bonds is 8. The van der Waals surface area contributed by atoms with Crippen LogP contribution in [0, 0.1) is 0 Å². The van der Waals surface area contributed by atoms with Gasteiger partial charge in [0.25, 0.3) is 0 Å². The van der Waals surface area contributed by atoms with Crippen LogP contribution in [-0.4, -0.2) is 54.2 Å². The quantitative estimate of drug-likeness (QED) is 0.634. The Hall–Kier alpha value is -1.84. The molecule has 7 nitrogen and oxygen atoms in total. The number of aromatic nitrogens is 2. The molecule has 2 N–H and O–H groups in total. The fraction of sp³-hybridized carbons (Fsp3) is 0.526. The molecule has 2 aliphatic rings. The Morgan fingerprint density at radius 1 is 1.25 bits per heavy atom. The van der Waals surface area contributed by atoms with Crippen LogP contribution in [0.4, 0.5) is 16.5 Å². The largest absolute Gasteiger partial charge is 0.376 e. The maximum atomic E-state index is 12.4. The molecule has 1 atom stereocenters. The molecule has 1 aromatic heterocycles. The van der Waals surface area contributed by atoms with Gasteiger partial charge in [-0.05, 0) is 37.8 Å². The molecule has 2 aliphatic heterocycles. The second kappa shape index (κ2) is 9.58. The summed E-state index contributed by atoms with van der Waals surface area (Å²) in [5.41, 5.74) is 1.99. The Kier molecular flexibility index (Phi) is 6.66.